The number of nitrogens with one attached hydrogen (secondary N) is 2. The Morgan fingerprint density at radius 1 is 1.55 bits per heavy atom. The number of carbonyl (C=O) groups excluding carboxylic acids is 2. The van der Waals surface area contributed by atoms with Gasteiger partial charge in [-0.15, -0.1) is 0 Å². The van der Waals surface area contributed by atoms with Gasteiger partial charge in [-0.1, -0.05) is 15.9 Å². The Morgan fingerprint density at radius 2 is 2.30 bits per heavy atom. The highest BCUT2D eigenvalue weighted by Crippen LogP contribution is 2.19. The smallest absolute Gasteiger partial charge is 0.241 e. The van der Waals surface area contributed by atoms with Gasteiger partial charge in [-0.2, -0.15) is 0 Å². The van der Waals surface area contributed by atoms with Gasteiger partial charge in [0.1, 0.15) is 5.82 Å². The van der Waals surface area contributed by atoms with Crippen molar-refractivity contribution in [2.45, 2.75) is 13.0 Å². The number of amides is 2. The van der Waals surface area contributed by atoms with E-state index >= 15 is 0 Å². The second-order valence-electron chi connectivity index (χ2n) is 4.61. The molecule has 2 rings (SSSR count). The molecule has 0 aromatic heterocycles. The monoisotopic (exact) mass is 343 g/mol. The molecule has 1 aliphatic heterocycles. The Kier molecular flexibility index (Phi) is 4.72. The molecule has 2 N–H and O–H groups in total. The first kappa shape index (κ1) is 14.9. The predicted molar refractivity (Wildman–Crippen MR) is 76.8 cm³/mol. The molecule has 0 bridgehead atoms. The number of rotatable bonds is 3. The molecule has 20 heavy (non-hydrogen) atoms. The molecule has 0 aliphatic carbocycles. The highest BCUT2D eigenvalue weighted by atomic mass is 79.9. The minimum atomic E-state index is -0.503. The maximum Gasteiger partial charge on any atom is 0.241 e. The molecule has 1 saturated heterocycles. The molecule has 0 spiro atoms. The summed E-state index contributed by atoms with van der Waals surface area (Å²) in [6, 6.07) is 3.93. The Balaban J connectivity index is 2.01. The van der Waals surface area contributed by atoms with Gasteiger partial charge in [0.05, 0.1) is 18.3 Å². The summed E-state index contributed by atoms with van der Waals surface area (Å²) in [5, 5.41) is 5.23. The fraction of sp³-hybridized carbons (Fsp3) is 0.385. The van der Waals surface area contributed by atoms with Crippen molar-refractivity contribution in [2.75, 3.05) is 25.0 Å². The van der Waals surface area contributed by atoms with E-state index in [9.17, 15) is 14.0 Å². The first-order chi connectivity index (χ1) is 9.47. The average molecular weight is 344 g/mol. The van der Waals surface area contributed by atoms with Crippen LogP contribution in [-0.2, 0) is 9.59 Å². The molecule has 7 heteroatoms. The highest BCUT2D eigenvalue weighted by molar-refractivity contribution is 9.10. The summed E-state index contributed by atoms with van der Waals surface area (Å²) in [5.74, 6) is -0.942. The van der Waals surface area contributed by atoms with Gasteiger partial charge in [0.15, 0.2) is 0 Å². The van der Waals surface area contributed by atoms with E-state index in [2.05, 4.69) is 26.6 Å². The number of benzene rings is 1. The van der Waals surface area contributed by atoms with Crippen LogP contribution < -0.4 is 10.6 Å². The third kappa shape index (κ3) is 3.55. The molecule has 1 fully saturated rings. The lowest BCUT2D eigenvalue weighted by atomic mass is 10.2. The fourth-order valence-corrected chi connectivity index (χ4v) is 2.32. The lowest BCUT2D eigenvalue weighted by Crippen LogP contribution is -2.53. The quantitative estimate of drug-likeness (QED) is 0.870. The van der Waals surface area contributed by atoms with E-state index in [1.54, 1.807) is 17.9 Å². The van der Waals surface area contributed by atoms with Crippen molar-refractivity contribution in [3.8, 4) is 0 Å². The number of hydrogen-bond donors (Lipinski definition) is 2. The summed E-state index contributed by atoms with van der Waals surface area (Å²) in [7, 11) is 0. The summed E-state index contributed by atoms with van der Waals surface area (Å²) in [5.41, 5.74) is 0.131. The molecule has 108 valence electrons. The second-order valence-corrected chi connectivity index (χ2v) is 5.53. The van der Waals surface area contributed by atoms with Crippen LogP contribution in [0.4, 0.5) is 10.1 Å². The van der Waals surface area contributed by atoms with Gasteiger partial charge < -0.3 is 10.6 Å². The molecule has 0 radical (unpaired) electrons. The number of carbonyl (C=O) groups is 2. The topological polar surface area (TPSA) is 61.4 Å². The summed E-state index contributed by atoms with van der Waals surface area (Å²) < 4.78 is 14.3. The van der Waals surface area contributed by atoms with Crippen LogP contribution in [0.1, 0.15) is 6.92 Å². The van der Waals surface area contributed by atoms with Gasteiger partial charge in [0, 0.05) is 17.6 Å². The number of nitrogens with zero attached hydrogens (tertiary/aromatic N) is 1. The zero-order valence-electron chi connectivity index (χ0n) is 11.0. The van der Waals surface area contributed by atoms with E-state index in [0.717, 1.165) is 0 Å². The van der Waals surface area contributed by atoms with Crippen molar-refractivity contribution < 1.29 is 14.0 Å². The molecule has 1 aromatic rings. The van der Waals surface area contributed by atoms with Crippen LogP contribution in [-0.4, -0.2) is 42.4 Å². The first-order valence-corrected chi connectivity index (χ1v) is 7.03. The zero-order chi connectivity index (χ0) is 14.7. The van der Waals surface area contributed by atoms with E-state index in [1.807, 2.05) is 0 Å². The molecule has 1 aliphatic rings. The van der Waals surface area contributed by atoms with Crippen LogP contribution in [0.5, 0.6) is 0 Å². The molecule has 0 unspecified atom stereocenters. The number of piperazine rings is 1. The van der Waals surface area contributed by atoms with Gasteiger partial charge in [0.25, 0.3) is 0 Å². The molecular formula is C13H15BrFN3O2. The maximum atomic E-state index is 13.7. The van der Waals surface area contributed by atoms with Gasteiger partial charge in [-0.05, 0) is 25.1 Å². The molecule has 2 amide bonds. The van der Waals surface area contributed by atoms with Crippen molar-refractivity contribution in [1.82, 2.24) is 10.2 Å². The van der Waals surface area contributed by atoms with E-state index < -0.39 is 11.9 Å². The Hall–Kier alpha value is -1.47. The van der Waals surface area contributed by atoms with Crippen molar-refractivity contribution in [3.05, 3.63) is 28.5 Å². The lowest BCUT2D eigenvalue weighted by molar-refractivity contribution is -0.127. The fourth-order valence-electron chi connectivity index (χ4n) is 1.98. The standard InChI is InChI=1S/C13H15BrFN3O2/c1-8(18-5-4-16-12(19)7-18)13(20)17-11-3-2-9(14)6-10(11)15/h2-3,6,8H,4-5,7H2,1H3,(H,16,19)(H,17,20)/t8-/m0/s1. The summed E-state index contributed by atoms with van der Waals surface area (Å²) in [6.45, 7) is 2.99. The van der Waals surface area contributed by atoms with E-state index in [1.165, 1.54) is 12.1 Å². The minimum Gasteiger partial charge on any atom is -0.354 e. The van der Waals surface area contributed by atoms with Crippen LogP contribution in [0.2, 0.25) is 0 Å². The largest absolute Gasteiger partial charge is 0.354 e. The van der Waals surface area contributed by atoms with Crippen LogP contribution in [0.3, 0.4) is 0 Å². The molecule has 1 aromatic carbocycles. The molecule has 1 atom stereocenters. The van der Waals surface area contributed by atoms with E-state index in [0.29, 0.717) is 17.6 Å². The molecular weight excluding hydrogens is 329 g/mol. The van der Waals surface area contributed by atoms with Gasteiger partial charge >= 0.3 is 0 Å². The normalized spacial score (nSPS) is 17.4. The SMILES string of the molecule is C[C@@H](C(=O)Nc1ccc(Br)cc1F)N1CCNC(=O)C1. The number of anilines is 1. The molecule has 1 heterocycles. The summed E-state index contributed by atoms with van der Waals surface area (Å²) >= 11 is 3.16. The average Bonchev–Trinajstić information content (AvgIpc) is 2.41. The van der Waals surface area contributed by atoms with Crippen molar-refractivity contribution in [2.24, 2.45) is 0 Å². The van der Waals surface area contributed by atoms with Crippen molar-refractivity contribution >= 4 is 33.4 Å². The second kappa shape index (κ2) is 6.32. The van der Waals surface area contributed by atoms with E-state index in [4.69, 9.17) is 0 Å². The number of halogens is 2. The Morgan fingerprint density at radius 3 is 2.95 bits per heavy atom. The minimum absolute atomic E-state index is 0.106. The summed E-state index contributed by atoms with van der Waals surface area (Å²) in [4.78, 5) is 25.1. The van der Waals surface area contributed by atoms with E-state index in [-0.39, 0.29) is 24.0 Å². The lowest BCUT2D eigenvalue weighted by Gasteiger charge is -2.31. The molecule has 5 nitrogen and oxygen atoms in total. The van der Waals surface area contributed by atoms with Gasteiger partial charge in [-0.25, -0.2) is 4.39 Å². The predicted octanol–water partition coefficient (Wildman–Crippen LogP) is 1.35. The first-order valence-electron chi connectivity index (χ1n) is 6.24. The maximum absolute atomic E-state index is 13.7. The van der Waals surface area contributed by atoms with Crippen LogP contribution in [0.15, 0.2) is 22.7 Å². The Bertz CT molecular complexity index is 538. The van der Waals surface area contributed by atoms with Crippen molar-refractivity contribution in [1.29, 1.82) is 0 Å². The van der Waals surface area contributed by atoms with Crippen LogP contribution in [0, 0.1) is 5.82 Å². The third-order valence-corrected chi connectivity index (χ3v) is 3.68. The molecule has 0 saturated carbocycles. The number of hydrogen-bond acceptors (Lipinski definition) is 3. The van der Waals surface area contributed by atoms with Crippen molar-refractivity contribution in [3.63, 3.8) is 0 Å². The van der Waals surface area contributed by atoms with Crippen LogP contribution in [0.25, 0.3) is 0 Å². The Labute approximate surface area is 124 Å². The highest BCUT2D eigenvalue weighted by Gasteiger charge is 2.26. The zero-order valence-corrected chi connectivity index (χ0v) is 12.5. The van der Waals surface area contributed by atoms with Crippen LogP contribution >= 0.6 is 15.9 Å². The third-order valence-electron chi connectivity index (χ3n) is 3.18. The summed E-state index contributed by atoms with van der Waals surface area (Å²) in [6.07, 6.45) is 0. The van der Waals surface area contributed by atoms with Gasteiger partial charge in [-0.3, -0.25) is 14.5 Å². The van der Waals surface area contributed by atoms with Gasteiger partial charge in [0.2, 0.25) is 11.8 Å².